The molecule has 1 N–H and O–H groups in total. The van der Waals surface area contributed by atoms with Gasteiger partial charge in [-0.2, -0.15) is 0 Å². The normalized spacial score (nSPS) is 13.9. The van der Waals surface area contributed by atoms with Crippen LogP contribution >= 0.6 is 0 Å². The van der Waals surface area contributed by atoms with Gasteiger partial charge in [-0.3, -0.25) is 9.59 Å². The number of carbonyl (C=O) groups is 2. The van der Waals surface area contributed by atoms with Crippen molar-refractivity contribution in [2.45, 2.75) is 27.7 Å². The highest BCUT2D eigenvalue weighted by atomic mass is 19.1. The highest BCUT2D eigenvalue weighted by Gasteiger charge is 2.40. The van der Waals surface area contributed by atoms with Gasteiger partial charge in [-0.15, -0.1) is 0 Å². The zero-order valence-corrected chi connectivity index (χ0v) is 17.9. The molecule has 2 amide bonds. The molecular weight excluding hydrogens is 391 g/mol. The van der Waals surface area contributed by atoms with E-state index in [1.807, 2.05) is 64.1 Å². The number of aryl methyl sites for hydroxylation is 4. The van der Waals surface area contributed by atoms with Gasteiger partial charge >= 0.3 is 0 Å². The molecule has 0 bridgehead atoms. The Bertz CT molecular complexity index is 1240. The lowest BCUT2D eigenvalue weighted by Gasteiger charge is -2.16. The van der Waals surface area contributed by atoms with Crippen LogP contribution in [0.2, 0.25) is 0 Å². The van der Waals surface area contributed by atoms with E-state index in [2.05, 4.69) is 5.32 Å². The number of anilines is 2. The lowest BCUT2D eigenvalue weighted by Crippen LogP contribution is -2.32. The zero-order chi connectivity index (χ0) is 22.3. The fraction of sp³-hybridized carbons (Fsp3) is 0.154. The molecule has 1 aliphatic heterocycles. The lowest BCUT2D eigenvalue weighted by molar-refractivity contribution is -0.120. The molecule has 0 atom stereocenters. The number of halogens is 1. The maximum absolute atomic E-state index is 13.5. The summed E-state index contributed by atoms with van der Waals surface area (Å²) in [6.07, 6.45) is 0. The van der Waals surface area contributed by atoms with Gasteiger partial charge < -0.3 is 5.32 Å². The van der Waals surface area contributed by atoms with Gasteiger partial charge in [-0.25, -0.2) is 9.29 Å². The Kier molecular flexibility index (Phi) is 5.19. The molecule has 4 nitrogen and oxygen atoms in total. The minimum Gasteiger partial charge on any atom is -0.350 e. The Morgan fingerprint density at radius 3 is 1.97 bits per heavy atom. The zero-order valence-electron chi connectivity index (χ0n) is 17.9. The van der Waals surface area contributed by atoms with Gasteiger partial charge in [0, 0.05) is 5.69 Å². The molecule has 1 aliphatic rings. The SMILES string of the molecule is Cc1ccc(NC2=C(c3ccc(C)cc3C)C(=O)N(c3ccc(F)cc3)C2=O)c(C)c1. The van der Waals surface area contributed by atoms with Gasteiger partial charge in [-0.1, -0.05) is 41.5 Å². The van der Waals surface area contributed by atoms with Crippen LogP contribution in [0.5, 0.6) is 0 Å². The van der Waals surface area contributed by atoms with Gasteiger partial charge in [0.25, 0.3) is 11.8 Å². The highest BCUT2D eigenvalue weighted by Crippen LogP contribution is 2.35. The summed E-state index contributed by atoms with van der Waals surface area (Å²) in [6, 6.07) is 17.0. The van der Waals surface area contributed by atoms with E-state index in [0.29, 0.717) is 16.8 Å². The Balaban J connectivity index is 1.87. The summed E-state index contributed by atoms with van der Waals surface area (Å²) in [6.45, 7) is 7.85. The minimum absolute atomic E-state index is 0.216. The first-order valence-corrected chi connectivity index (χ1v) is 10.1. The van der Waals surface area contributed by atoms with Crippen molar-refractivity contribution in [1.82, 2.24) is 0 Å². The number of carbonyl (C=O) groups excluding carboxylic acids is 2. The number of imide groups is 1. The first-order chi connectivity index (χ1) is 14.8. The molecule has 0 aromatic heterocycles. The van der Waals surface area contributed by atoms with E-state index in [0.717, 1.165) is 32.8 Å². The first kappa shape index (κ1) is 20.5. The van der Waals surface area contributed by atoms with Crippen molar-refractivity contribution in [2.24, 2.45) is 0 Å². The maximum Gasteiger partial charge on any atom is 0.282 e. The second kappa shape index (κ2) is 7.84. The van der Waals surface area contributed by atoms with E-state index in [1.165, 1.54) is 24.3 Å². The topological polar surface area (TPSA) is 49.4 Å². The summed E-state index contributed by atoms with van der Waals surface area (Å²) in [5.41, 5.74) is 6.35. The minimum atomic E-state index is -0.466. The number of hydrogen-bond donors (Lipinski definition) is 1. The molecule has 3 aromatic carbocycles. The maximum atomic E-state index is 13.5. The average Bonchev–Trinajstić information content (AvgIpc) is 2.95. The number of nitrogens with one attached hydrogen (secondary N) is 1. The predicted octanol–water partition coefficient (Wildman–Crippen LogP) is 5.46. The summed E-state index contributed by atoms with van der Waals surface area (Å²) < 4.78 is 13.4. The molecule has 0 saturated carbocycles. The molecular formula is C26H23FN2O2. The third-order valence-corrected chi connectivity index (χ3v) is 5.46. The second-order valence-corrected chi connectivity index (χ2v) is 7.93. The van der Waals surface area contributed by atoms with E-state index in [9.17, 15) is 14.0 Å². The number of nitrogens with zero attached hydrogens (tertiary/aromatic N) is 1. The number of benzene rings is 3. The summed E-state index contributed by atoms with van der Waals surface area (Å²) >= 11 is 0. The monoisotopic (exact) mass is 414 g/mol. The fourth-order valence-corrected chi connectivity index (χ4v) is 3.90. The Morgan fingerprint density at radius 2 is 1.35 bits per heavy atom. The van der Waals surface area contributed by atoms with Crippen LogP contribution in [0.25, 0.3) is 5.57 Å². The summed E-state index contributed by atoms with van der Waals surface area (Å²) in [4.78, 5) is 28.0. The third-order valence-electron chi connectivity index (χ3n) is 5.46. The number of rotatable bonds is 4. The van der Waals surface area contributed by atoms with Crippen LogP contribution in [0, 0.1) is 33.5 Å². The van der Waals surface area contributed by atoms with Crippen LogP contribution in [0.1, 0.15) is 27.8 Å². The van der Waals surface area contributed by atoms with E-state index >= 15 is 0 Å². The lowest BCUT2D eigenvalue weighted by atomic mass is 9.97. The molecule has 1 heterocycles. The second-order valence-electron chi connectivity index (χ2n) is 7.93. The van der Waals surface area contributed by atoms with Crippen molar-refractivity contribution in [3.05, 3.63) is 100.0 Å². The van der Waals surface area contributed by atoms with Crippen LogP contribution in [-0.2, 0) is 9.59 Å². The van der Waals surface area contributed by atoms with E-state index < -0.39 is 17.6 Å². The largest absolute Gasteiger partial charge is 0.350 e. The molecule has 0 spiro atoms. The Morgan fingerprint density at radius 1 is 0.742 bits per heavy atom. The van der Waals surface area contributed by atoms with Crippen molar-refractivity contribution < 1.29 is 14.0 Å². The molecule has 3 aromatic rings. The van der Waals surface area contributed by atoms with E-state index in [4.69, 9.17) is 0 Å². The van der Waals surface area contributed by atoms with Crippen molar-refractivity contribution >= 4 is 28.8 Å². The Labute approximate surface area is 181 Å². The number of amides is 2. The summed E-state index contributed by atoms with van der Waals surface area (Å²) in [7, 11) is 0. The summed E-state index contributed by atoms with van der Waals surface area (Å²) in [5, 5.41) is 3.21. The smallest absolute Gasteiger partial charge is 0.282 e. The van der Waals surface area contributed by atoms with Crippen molar-refractivity contribution in [2.75, 3.05) is 10.2 Å². The molecule has 0 aliphatic carbocycles. The van der Waals surface area contributed by atoms with Gasteiger partial charge in [0.1, 0.15) is 11.5 Å². The molecule has 5 heteroatoms. The fourth-order valence-electron chi connectivity index (χ4n) is 3.90. The van der Waals surface area contributed by atoms with Gasteiger partial charge in [-0.05, 0) is 74.7 Å². The number of hydrogen-bond acceptors (Lipinski definition) is 3. The van der Waals surface area contributed by atoms with E-state index in [1.54, 1.807) is 0 Å². The molecule has 0 fully saturated rings. The molecule has 0 saturated heterocycles. The van der Waals surface area contributed by atoms with Crippen molar-refractivity contribution in [1.29, 1.82) is 0 Å². The van der Waals surface area contributed by atoms with E-state index in [-0.39, 0.29) is 5.70 Å². The summed E-state index contributed by atoms with van der Waals surface area (Å²) in [5.74, 6) is -1.33. The molecule has 0 radical (unpaired) electrons. The van der Waals surface area contributed by atoms with Crippen molar-refractivity contribution in [3.8, 4) is 0 Å². The molecule has 156 valence electrons. The quantitative estimate of drug-likeness (QED) is 0.577. The van der Waals surface area contributed by atoms with Crippen molar-refractivity contribution in [3.63, 3.8) is 0 Å². The standard InChI is InChI=1S/C26H23FN2O2/c1-15-5-11-21(17(3)13-15)23-24(28-22-12-6-16(2)14-18(22)4)26(31)29(25(23)30)20-9-7-19(27)8-10-20/h5-14,28H,1-4H3. The average molecular weight is 414 g/mol. The van der Waals surface area contributed by atoms with Gasteiger partial charge in [0.15, 0.2) is 0 Å². The van der Waals surface area contributed by atoms with Crippen LogP contribution < -0.4 is 10.2 Å². The molecule has 31 heavy (non-hydrogen) atoms. The highest BCUT2D eigenvalue weighted by molar-refractivity contribution is 6.46. The van der Waals surface area contributed by atoms with Crippen LogP contribution in [0.4, 0.5) is 15.8 Å². The predicted molar refractivity (Wildman–Crippen MR) is 121 cm³/mol. The van der Waals surface area contributed by atoms with Crippen LogP contribution in [0.15, 0.2) is 66.4 Å². The first-order valence-electron chi connectivity index (χ1n) is 10.1. The molecule has 0 unspecified atom stereocenters. The van der Waals surface area contributed by atoms with Crippen LogP contribution in [-0.4, -0.2) is 11.8 Å². The van der Waals surface area contributed by atoms with Crippen LogP contribution in [0.3, 0.4) is 0 Å². The van der Waals surface area contributed by atoms with Gasteiger partial charge in [0.2, 0.25) is 0 Å². The van der Waals surface area contributed by atoms with Gasteiger partial charge in [0.05, 0.1) is 11.3 Å². The Hall–Kier alpha value is -3.73. The third kappa shape index (κ3) is 3.75. The molecule has 4 rings (SSSR count).